The molecule has 0 amide bonds. The van der Waals surface area contributed by atoms with E-state index < -0.39 is 15.7 Å². The van der Waals surface area contributed by atoms with Crippen molar-refractivity contribution in [2.24, 2.45) is 75.9 Å². The van der Waals surface area contributed by atoms with Gasteiger partial charge < -0.3 is 5.11 Å². The number of aryl methyl sites for hydroxylation is 1. The number of benzene rings is 1. The first-order valence-corrected chi connectivity index (χ1v) is 14.9. The molecule has 14 atom stereocenters. The van der Waals surface area contributed by atoms with Gasteiger partial charge in [-0.2, -0.15) is 8.42 Å². The Hall–Kier alpha value is -0.910. The Morgan fingerprint density at radius 1 is 0.909 bits per heavy atom. The van der Waals surface area contributed by atoms with Gasteiger partial charge in [-0.05, 0) is 110 Å². The van der Waals surface area contributed by atoms with E-state index in [2.05, 4.69) is 6.92 Å². The first-order valence-electron chi connectivity index (χ1n) is 13.5. The summed E-state index contributed by atoms with van der Waals surface area (Å²) in [6.45, 7) is 4.64. The quantitative estimate of drug-likeness (QED) is 0.674. The van der Waals surface area contributed by atoms with Crippen LogP contribution in [0.25, 0.3) is 0 Å². The molecular formula is C28H34O4S. The molecule has 9 bridgehead atoms. The molecule has 0 saturated heterocycles. The summed E-state index contributed by atoms with van der Waals surface area (Å²) in [5, 5.41) is 13.1. The zero-order chi connectivity index (χ0) is 22.3. The van der Waals surface area contributed by atoms with Crippen LogP contribution in [-0.2, 0) is 14.3 Å². The van der Waals surface area contributed by atoms with Crippen LogP contribution in [0.4, 0.5) is 0 Å². The summed E-state index contributed by atoms with van der Waals surface area (Å²) in [5.74, 6) is 6.98. The smallest absolute Gasteiger partial charge is 0.296 e. The minimum atomic E-state index is -3.85. The summed E-state index contributed by atoms with van der Waals surface area (Å²) in [7, 11) is -3.85. The number of aliphatic hydroxyl groups is 1. The third-order valence-corrected chi connectivity index (χ3v) is 15.0. The summed E-state index contributed by atoms with van der Waals surface area (Å²) in [4.78, 5) is 0.250. The molecule has 9 fully saturated rings. The fourth-order valence-corrected chi connectivity index (χ4v) is 14.9. The number of fused-ring (bicyclic) bond motifs is 1. The molecule has 1 aromatic rings. The van der Waals surface area contributed by atoms with Gasteiger partial charge in [0, 0.05) is 10.8 Å². The number of rotatable bonds is 4. The highest BCUT2D eigenvalue weighted by Gasteiger charge is 2.99. The predicted octanol–water partition coefficient (Wildman–Crippen LogP) is 4.26. The molecule has 5 heteroatoms. The standard InChI is InChI=1S/C28H34O4S/c1-13-6-8-14(9-7-13)33(30,31)32-12-27-23-16-5-3-4-15(16)22-20(23)21-24(27)17-10-11-18-19(17)25(21)26(22,2)28(18,27)29/h6-9,15-25,29H,3-5,10-12H2,1-2H3/t15-,16+,17+,18+,19+,20+,21+,22-,23-,24+,25+,26-,27-,28-/m0/s1. The van der Waals surface area contributed by atoms with E-state index in [4.69, 9.17) is 4.18 Å². The van der Waals surface area contributed by atoms with Gasteiger partial charge in [-0.25, -0.2) is 0 Å². The maximum absolute atomic E-state index is 13.4. The molecular weight excluding hydrogens is 432 g/mol. The van der Waals surface area contributed by atoms with E-state index >= 15 is 0 Å². The van der Waals surface area contributed by atoms with Gasteiger partial charge in [-0.1, -0.05) is 31.0 Å². The molecule has 0 spiro atoms. The largest absolute Gasteiger partial charge is 0.388 e. The maximum atomic E-state index is 13.4. The van der Waals surface area contributed by atoms with Crippen molar-refractivity contribution < 1.29 is 17.7 Å². The van der Waals surface area contributed by atoms with E-state index in [1.807, 2.05) is 19.1 Å². The molecule has 0 radical (unpaired) electrons. The van der Waals surface area contributed by atoms with Crippen molar-refractivity contribution >= 4 is 10.1 Å². The van der Waals surface area contributed by atoms with E-state index in [9.17, 15) is 13.5 Å². The van der Waals surface area contributed by atoms with E-state index in [0.29, 0.717) is 47.3 Å². The topological polar surface area (TPSA) is 63.6 Å². The highest BCUT2D eigenvalue weighted by Crippen LogP contribution is 2.98. The molecule has 0 aromatic heterocycles. The molecule has 0 unspecified atom stereocenters. The van der Waals surface area contributed by atoms with Crippen LogP contribution in [0.1, 0.15) is 44.6 Å². The van der Waals surface area contributed by atoms with Crippen LogP contribution in [0.2, 0.25) is 0 Å². The molecule has 0 heterocycles. The lowest BCUT2D eigenvalue weighted by Gasteiger charge is -2.64. The van der Waals surface area contributed by atoms with Gasteiger partial charge in [0.15, 0.2) is 0 Å². The summed E-state index contributed by atoms with van der Waals surface area (Å²) < 4.78 is 32.8. The SMILES string of the molecule is Cc1ccc(S(=O)(=O)OC[C@@]23[C@@H]4[C@@H]5CC[C@@H]6[C@@H]5[C@@H]5[C@@H]4[C@@H]4[C@H]([C@H]7CCC[C@H]7[C@@H]42)[C@]5(C)[C@@]63O)cc1. The van der Waals surface area contributed by atoms with Gasteiger partial charge in [0.2, 0.25) is 0 Å². The number of hydrogen-bond donors (Lipinski definition) is 1. The highest BCUT2D eigenvalue weighted by atomic mass is 32.2. The lowest BCUT2D eigenvalue weighted by atomic mass is 9.43. The minimum Gasteiger partial charge on any atom is -0.388 e. The van der Waals surface area contributed by atoms with Gasteiger partial charge in [0.25, 0.3) is 10.1 Å². The minimum absolute atomic E-state index is 0.0272. The van der Waals surface area contributed by atoms with Crippen molar-refractivity contribution in [3.63, 3.8) is 0 Å². The van der Waals surface area contributed by atoms with E-state index in [-0.39, 0.29) is 22.3 Å². The first-order chi connectivity index (χ1) is 15.8. The van der Waals surface area contributed by atoms with Crippen LogP contribution in [-0.4, -0.2) is 25.7 Å². The molecule has 9 saturated carbocycles. The zero-order valence-electron chi connectivity index (χ0n) is 19.5. The first kappa shape index (κ1) is 19.3. The molecule has 9 aliphatic carbocycles. The summed E-state index contributed by atoms with van der Waals surface area (Å²) in [6.07, 6.45) is 6.32. The predicted molar refractivity (Wildman–Crippen MR) is 121 cm³/mol. The second kappa shape index (κ2) is 5.27. The van der Waals surface area contributed by atoms with Crippen molar-refractivity contribution in [3.05, 3.63) is 29.8 Å². The third-order valence-electron chi connectivity index (χ3n) is 13.7. The lowest BCUT2D eigenvalue weighted by Crippen LogP contribution is -2.71. The van der Waals surface area contributed by atoms with Crippen LogP contribution >= 0.6 is 0 Å². The second-order valence-corrected chi connectivity index (χ2v) is 15.2. The Bertz CT molecular complexity index is 1210. The normalized spacial score (nSPS) is 61.7. The van der Waals surface area contributed by atoms with Crippen LogP contribution in [0.15, 0.2) is 29.2 Å². The summed E-state index contributed by atoms with van der Waals surface area (Å²) in [5.41, 5.74) is -0.0802. The van der Waals surface area contributed by atoms with E-state index in [1.54, 1.807) is 12.1 Å². The van der Waals surface area contributed by atoms with Crippen LogP contribution in [0.5, 0.6) is 0 Å². The summed E-state index contributed by atoms with van der Waals surface area (Å²) >= 11 is 0. The summed E-state index contributed by atoms with van der Waals surface area (Å²) in [6, 6.07) is 7.02. The molecule has 10 rings (SSSR count). The van der Waals surface area contributed by atoms with Crippen LogP contribution in [0, 0.1) is 82.9 Å². The monoisotopic (exact) mass is 466 g/mol. The van der Waals surface area contributed by atoms with Gasteiger partial charge >= 0.3 is 0 Å². The third kappa shape index (κ3) is 1.58. The molecule has 4 nitrogen and oxygen atoms in total. The lowest BCUT2D eigenvalue weighted by molar-refractivity contribution is -0.268. The molecule has 1 aromatic carbocycles. The molecule has 0 aliphatic heterocycles. The van der Waals surface area contributed by atoms with E-state index in [0.717, 1.165) is 29.7 Å². The molecule has 176 valence electrons. The molecule has 33 heavy (non-hydrogen) atoms. The van der Waals surface area contributed by atoms with Gasteiger partial charge in [-0.3, -0.25) is 4.18 Å². The Morgan fingerprint density at radius 2 is 1.58 bits per heavy atom. The second-order valence-electron chi connectivity index (χ2n) is 13.6. The molecule has 1 N–H and O–H groups in total. The Morgan fingerprint density at radius 3 is 2.33 bits per heavy atom. The Kier molecular flexibility index (Phi) is 3.08. The van der Waals surface area contributed by atoms with Gasteiger partial charge in [0.05, 0.1) is 17.1 Å². The van der Waals surface area contributed by atoms with E-state index in [1.165, 1.54) is 25.7 Å². The number of hydrogen-bond acceptors (Lipinski definition) is 4. The van der Waals surface area contributed by atoms with Crippen LogP contribution < -0.4 is 0 Å². The van der Waals surface area contributed by atoms with Crippen molar-refractivity contribution in [2.45, 2.75) is 56.4 Å². The van der Waals surface area contributed by atoms with Crippen molar-refractivity contribution in [2.75, 3.05) is 6.61 Å². The fourth-order valence-electron chi connectivity index (χ4n) is 14.0. The average Bonchev–Trinajstić information content (AvgIpc) is 3.55. The Labute approximate surface area is 196 Å². The van der Waals surface area contributed by atoms with Gasteiger partial charge in [0.1, 0.15) is 0 Å². The highest BCUT2D eigenvalue weighted by molar-refractivity contribution is 7.86. The van der Waals surface area contributed by atoms with Crippen molar-refractivity contribution in [3.8, 4) is 0 Å². The van der Waals surface area contributed by atoms with Crippen LogP contribution in [0.3, 0.4) is 0 Å². The van der Waals surface area contributed by atoms with Crippen molar-refractivity contribution in [1.82, 2.24) is 0 Å². The average molecular weight is 467 g/mol. The van der Waals surface area contributed by atoms with Gasteiger partial charge in [-0.15, -0.1) is 0 Å². The maximum Gasteiger partial charge on any atom is 0.296 e. The fraction of sp³-hybridized carbons (Fsp3) is 0.786. The Balaban J connectivity index is 1.22. The zero-order valence-corrected chi connectivity index (χ0v) is 20.3. The molecule has 9 aliphatic rings. The van der Waals surface area contributed by atoms with Crippen molar-refractivity contribution in [1.29, 1.82) is 0 Å².